The first-order valence-electron chi connectivity index (χ1n) is 35.7. The van der Waals surface area contributed by atoms with E-state index in [0.717, 1.165) is 114 Å². The molecule has 0 saturated heterocycles. The van der Waals surface area contributed by atoms with Crippen molar-refractivity contribution in [1.29, 1.82) is 0 Å². The van der Waals surface area contributed by atoms with E-state index in [0.29, 0.717) is 31.6 Å². The SMILES string of the molecule is CC(C)CCCCCCCCCCCCCCCC(=O)OC[C@H](COP(=O)(O)OC[C@@H](O)COP(=O)(O)OC[C@@H](COC(=O)CCCCCCCCC(C)C)OC(=O)CCCCCCCCCCCC(C)C)OC(=O)CCCCCCCCCCC(C)C. The number of carbonyl (C=O) groups excluding carboxylic acids is 4. The van der Waals surface area contributed by atoms with Crippen LogP contribution in [0.5, 0.6) is 0 Å². The molecule has 0 amide bonds. The summed E-state index contributed by atoms with van der Waals surface area (Å²) in [6.07, 6.45) is 40.5. The Kier molecular flexibility index (Phi) is 57.6. The van der Waals surface area contributed by atoms with Crippen LogP contribution in [0.15, 0.2) is 0 Å². The van der Waals surface area contributed by atoms with Crippen molar-refractivity contribution in [1.82, 2.24) is 0 Å². The number of hydrogen-bond donors (Lipinski definition) is 3. The molecule has 17 nitrogen and oxygen atoms in total. The number of phosphoric acid groups is 2. The number of aliphatic hydroxyl groups is 1. The quantitative estimate of drug-likeness (QED) is 0.0222. The van der Waals surface area contributed by atoms with Gasteiger partial charge in [-0.25, -0.2) is 9.13 Å². The van der Waals surface area contributed by atoms with Gasteiger partial charge in [-0.15, -0.1) is 0 Å². The van der Waals surface area contributed by atoms with Crippen LogP contribution in [0.4, 0.5) is 0 Å². The lowest BCUT2D eigenvalue weighted by molar-refractivity contribution is -0.161. The molecule has 19 heteroatoms. The summed E-state index contributed by atoms with van der Waals surface area (Å²) in [6.45, 7) is 14.0. The highest BCUT2D eigenvalue weighted by Gasteiger charge is 2.30. The summed E-state index contributed by atoms with van der Waals surface area (Å²) in [5.41, 5.74) is 0. The van der Waals surface area contributed by atoms with Crippen molar-refractivity contribution in [3.63, 3.8) is 0 Å². The van der Waals surface area contributed by atoms with Gasteiger partial charge in [0.1, 0.15) is 19.3 Å². The fourth-order valence-corrected chi connectivity index (χ4v) is 11.9. The molecule has 2 unspecified atom stereocenters. The zero-order chi connectivity index (χ0) is 65.4. The third-order valence-electron chi connectivity index (χ3n) is 15.8. The first-order chi connectivity index (χ1) is 42.1. The summed E-state index contributed by atoms with van der Waals surface area (Å²) in [6, 6.07) is 0. The molecule has 0 aromatic rings. The summed E-state index contributed by atoms with van der Waals surface area (Å²) in [5, 5.41) is 10.6. The number of esters is 4. The first kappa shape index (κ1) is 86.1. The van der Waals surface area contributed by atoms with Gasteiger partial charge in [0.05, 0.1) is 26.4 Å². The van der Waals surface area contributed by atoms with Crippen LogP contribution in [0.2, 0.25) is 0 Å². The van der Waals surface area contributed by atoms with Gasteiger partial charge in [-0.3, -0.25) is 37.3 Å². The number of phosphoric ester groups is 2. The van der Waals surface area contributed by atoms with E-state index in [1.54, 1.807) is 0 Å². The topological polar surface area (TPSA) is 237 Å². The number of unbranched alkanes of at least 4 members (excludes halogenated alkanes) is 32. The van der Waals surface area contributed by atoms with Crippen LogP contribution in [0.1, 0.15) is 338 Å². The largest absolute Gasteiger partial charge is 0.472 e. The van der Waals surface area contributed by atoms with E-state index in [1.165, 1.54) is 135 Å². The highest BCUT2D eigenvalue weighted by atomic mass is 31.2. The second-order valence-electron chi connectivity index (χ2n) is 26.8. The van der Waals surface area contributed by atoms with E-state index in [1.807, 2.05) is 0 Å². The molecule has 522 valence electrons. The summed E-state index contributed by atoms with van der Waals surface area (Å²) in [4.78, 5) is 72.4. The van der Waals surface area contributed by atoms with Crippen molar-refractivity contribution in [2.45, 2.75) is 356 Å². The number of hydrogen-bond acceptors (Lipinski definition) is 15. The molecular weight excluding hydrogens is 1160 g/mol. The van der Waals surface area contributed by atoms with E-state index in [9.17, 15) is 43.2 Å². The molecule has 0 aromatic heterocycles. The lowest BCUT2D eigenvalue weighted by Crippen LogP contribution is -2.30. The second-order valence-corrected chi connectivity index (χ2v) is 29.7. The molecule has 3 N–H and O–H groups in total. The van der Waals surface area contributed by atoms with Gasteiger partial charge in [0.15, 0.2) is 12.2 Å². The Morgan fingerprint density at radius 2 is 0.477 bits per heavy atom. The molecule has 0 rings (SSSR count). The Morgan fingerprint density at radius 3 is 0.705 bits per heavy atom. The third kappa shape index (κ3) is 62.8. The first-order valence-corrected chi connectivity index (χ1v) is 38.7. The van der Waals surface area contributed by atoms with E-state index in [-0.39, 0.29) is 25.7 Å². The fourth-order valence-electron chi connectivity index (χ4n) is 10.3. The predicted molar refractivity (Wildman–Crippen MR) is 354 cm³/mol. The van der Waals surface area contributed by atoms with Crippen LogP contribution in [0, 0.1) is 23.7 Å². The second kappa shape index (κ2) is 58.8. The van der Waals surface area contributed by atoms with Gasteiger partial charge in [-0.2, -0.15) is 0 Å². The minimum atomic E-state index is -4.95. The lowest BCUT2D eigenvalue weighted by atomic mass is 10.0. The van der Waals surface area contributed by atoms with Gasteiger partial charge in [-0.05, 0) is 49.4 Å². The lowest BCUT2D eigenvalue weighted by Gasteiger charge is -2.21. The Hall–Kier alpha value is -1.94. The number of carbonyl (C=O) groups is 4. The molecule has 0 aromatic carbocycles. The van der Waals surface area contributed by atoms with Gasteiger partial charge >= 0.3 is 39.5 Å². The molecule has 0 fully saturated rings. The van der Waals surface area contributed by atoms with Crippen LogP contribution in [0.3, 0.4) is 0 Å². The van der Waals surface area contributed by atoms with Crippen LogP contribution in [-0.2, 0) is 65.4 Å². The van der Waals surface area contributed by atoms with Crippen molar-refractivity contribution in [3.8, 4) is 0 Å². The Labute approximate surface area is 537 Å². The average Bonchev–Trinajstić information content (AvgIpc) is 3.52. The molecule has 0 bridgehead atoms. The molecule has 0 spiro atoms. The van der Waals surface area contributed by atoms with E-state index in [4.69, 9.17) is 37.0 Å². The molecule has 0 aliphatic carbocycles. The fraction of sp³-hybridized carbons (Fsp3) is 0.942. The third-order valence-corrected chi connectivity index (χ3v) is 17.7. The highest BCUT2D eigenvalue weighted by Crippen LogP contribution is 2.45. The van der Waals surface area contributed by atoms with E-state index in [2.05, 4.69) is 55.4 Å². The van der Waals surface area contributed by atoms with Gasteiger partial charge in [0.2, 0.25) is 0 Å². The molecule has 88 heavy (non-hydrogen) atoms. The molecule has 0 aliphatic rings. The van der Waals surface area contributed by atoms with Crippen molar-refractivity contribution in [3.05, 3.63) is 0 Å². The van der Waals surface area contributed by atoms with E-state index < -0.39 is 97.5 Å². The highest BCUT2D eigenvalue weighted by molar-refractivity contribution is 7.47. The van der Waals surface area contributed by atoms with Gasteiger partial charge < -0.3 is 33.8 Å². The van der Waals surface area contributed by atoms with Crippen molar-refractivity contribution < 1.29 is 80.2 Å². The maximum atomic E-state index is 13.0. The summed E-state index contributed by atoms with van der Waals surface area (Å²) < 4.78 is 68.2. The van der Waals surface area contributed by atoms with Gasteiger partial charge in [0.25, 0.3) is 0 Å². The average molecular weight is 1300 g/mol. The van der Waals surface area contributed by atoms with Gasteiger partial charge in [0, 0.05) is 25.7 Å². The predicted octanol–water partition coefficient (Wildman–Crippen LogP) is 19.3. The molecular formula is C69H134O17P2. The van der Waals surface area contributed by atoms with E-state index >= 15 is 0 Å². The maximum absolute atomic E-state index is 13.0. The zero-order valence-corrected chi connectivity index (χ0v) is 59.1. The maximum Gasteiger partial charge on any atom is 0.472 e. The molecule has 0 heterocycles. The number of aliphatic hydroxyl groups excluding tert-OH is 1. The Balaban J connectivity index is 5.22. The smallest absolute Gasteiger partial charge is 0.462 e. The Morgan fingerprint density at radius 1 is 0.284 bits per heavy atom. The number of ether oxygens (including phenoxy) is 4. The van der Waals surface area contributed by atoms with Gasteiger partial charge in [-0.1, -0.05) is 287 Å². The summed E-state index contributed by atoms with van der Waals surface area (Å²) in [5.74, 6) is 0.791. The van der Waals surface area contributed by atoms with Crippen LogP contribution in [0.25, 0.3) is 0 Å². The summed E-state index contributed by atoms with van der Waals surface area (Å²) in [7, 11) is -9.90. The van der Waals surface area contributed by atoms with Crippen molar-refractivity contribution in [2.24, 2.45) is 23.7 Å². The summed E-state index contributed by atoms with van der Waals surface area (Å²) >= 11 is 0. The molecule has 0 aliphatic heterocycles. The van der Waals surface area contributed by atoms with Crippen molar-refractivity contribution in [2.75, 3.05) is 39.6 Å². The monoisotopic (exact) mass is 1300 g/mol. The minimum Gasteiger partial charge on any atom is -0.462 e. The Bertz CT molecular complexity index is 1750. The molecule has 0 saturated carbocycles. The van der Waals surface area contributed by atoms with Crippen LogP contribution < -0.4 is 0 Å². The number of rotatable bonds is 66. The zero-order valence-electron chi connectivity index (χ0n) is 57.3. The minimum absolute atomic E-state index is 0.104. The standard InChI is InChI=1S/C69H134O17P2/c1-59(2)45-37-29-21-15-12-10-9-11-13-17-24-33-41-49-66(71)79-55-64(86-69(74)52-44-36-26-20-19-23-31-39-47-61(5)6)57-83-87(75,76)81-53-63(70)54-82-88(77,78)84-58-65(56-80-67(72)50-42-34-28-27-32-40-48-62(7)8)85-68(73)51-43-35-25-18-14-16-22-30-38-46-60(3)4/h59-65,70H,9-58H2,1-8H3,(H,75,76)(H,77,78)/t63-,64-,65-/m1/s1. The molecule has 0 radical (unpaired) electrons. The van der Waals surface area contributed by atoms with Crippen molar-refractivity contribution >= 4 is 39.5 Å². The van der Waals surface area contributed by atoms with Crippen LogP contribution >= 0.6 is 15.6 Å². The van der Waals surface area contributed by atoms with Crippen LogP contribution in [-0.4, -0.2) is 96.7 Å². The molecule has 5 atom stereocenters. The normalized spacial score (nSPS) is 14.3.